The van der Waals surface area contributed by atoms with Crippen LogP contribution in [-0.4, -0.2) is 21.0 Å². The van der Waals surface area contributed by atoms with Gasteiger partial charge in [0.1, 0.15) is 5.76 Å². The molecule has 0 radical (unpaired) electrons. The van der Waals surface area contributed by atoms with Gasteiger partial charge in [-0.3, -0.25) is 0 Å². The maximum atomic E-state index is 11.6. The molecule has 5 nitrogen and oxygen atoms in total. The summed E-state index contributed by atoms with van der Waals surface area (Å²) in [6, 6.07) is 3.18. The van der Waals surface area contributed by atoms with Gasteiger partial charge in [0.05, 0.1) is 6.54 Å². The molecule has 0 bridgehead atoms. The molecule has 0 aromatic carbocycles. The van der Waals surface area contributed by atoms with Crippen LogP contribution in [-0.2, 0) is 16.6 Å². The summed E-state index contributed by atoms with van der Waals surface area (Å²) in [5.74, 6) is 0.633. The van der Waals surface area contributed by atoms with Crippen LogP contribution >= 0.6 is 0 Å². The van der Waals surface area contributed by atoms with Crippen molar-refractivity contribution in [3.63, 3.8) is 0 Å². The number of furan rings is 1. The molecule has 0 aliphatic carbocycles. The molecule has 0 spiro atoms. The summed E-state index contributed by atoms with van der Waals surface area (Å²) in [6.07, 6.45) is 3.09. The maximum absolute atomic E-state index is 11.6. The molecule has 0 unspecified atom stereocenters. The minimum Gasteiger partial charge on any atom is -0.447 e. The summed E-state index contributed by atoms with van der Waals surface area (Å²) in [5.41, 5.74) is 0.0921. The van der Waals surface area contributed by atoms with E-state index in [4.69, 9.17) is 4.42 Å². The topological polar surface area (TPSA) is 71.3 Å². The Balaban J connectivity index is 2.75. The SMILES string of the molecule is CCC(CC)(CC)NCc1ccc(S(=O)(=O)NC)o1. The van der Waals surface area contributed by atoms with Crippen LogP contribution in [0.3, 0.4) is 0 Å². The van der Waals surface area contributed by atoms with Crippen molar-refractivity contribution < 1.29 is 12.8 Å². The van der Waals surface area contributed by atoms with Crippen molar-refractivity contribution in [2.24, 2.45) is 0 Å². The fraction of sp³-hybridized carbons (Fsp3) is 0.692. The first-order chi connectivity index (χ1) is 8.93. The number of nitrogens with one attached hydrogen (secondary N) is 2. The summed E-state index contributed by atoms with van der Waals surface area (Å²) in [4.78, 5) is 0. The standard InChI is InChI=1S/C13H24N2O3S/c1-5-13(6-2,7-3)15-10-11-8-9-12(18-11)19(16,17)14-4/h8-9,14-15H,5-7,10H2,1-4H3. The third-order valence-electron chi connectivity index (χ3n) is 3.84. The Bertz CT molecular complexity index is 481. The Labute approximate surface area is 115 Å². The van der Waals surface area contributed by atoms with Gasteiger partial charge in [-0.05, 0) is 38.4 Å². The highest BCUT2D eigenvalue weighted by Gasteiger charge is 2.23. The van der Waals surface area contributed by atoms with Crippen molar-refractivity contribution in [3.8, 4) is 0 Å². The molecule has 1 aromatic rings. The zero-order valence-electron chi connectivity index (χ0n) is 12.1. The third kappa shape index (κ3) is 3.81. The second-order valence-corrected chi connectivity index (χ2v) is 6.44. The van der Waals surface area contributed by atoms with E-state index < -0.39 is 10.0 Å². The van der Waals surface area contributed by atoms with E-state index in [2.05, 4.69) is 30.8 Å². The second kappa shape index (κ2) is 6.54. The predicted octanol–water partition coefficient (Wildman–Crippen LogP) is 2.25. The first-order valence-corrected chi connectivity index (χ1v) is 8.18. The van der Waals surface area contributed by atoms with Crippen LogP contribution in [0.25, 0.3) is 0 Å². The van der Waals surface area contributed by atoms with Gasteiger partial charge in [0.25, 0.3) is 10.0 Å². The van der Waals surface area contributed by atoms with Gasteiger partial charge in [0.15, 0.2) is 0 Å². The van der Waals surface area contributed by atoms with E-state index in [1.165, 1.54) is 13.1 Å². The van der Waals surface area contributed by atoms with E-state index in [-0.39, 0.29) is 10.6 Å². The van der Waals surface area contributed by atoms with Crippen molar-refractivity contribution in [3.05, 3.63) is 17.9 Å². The normalized spacial score (nSPS) is 12.8. The van der Waals surface area contributed by atoms with E-state index in [1.54, 1.807) is 6.07 Å². The van der Waals surface area contributed by atoms with E-state index in [1.807, 2.05) is 0 Å². The Morgan fingerprint density at radius 3 is 2.21 bits per heavy atom. The van der Waals surface area contributed by atoms with E-state index in [9.17, 15) is 8.42 Å². The lowest BCUT2D eigenvalue weighted by Crippen LogP contribution is -2.42. The summed E-state index contributed by atoms with van der Waals surface area (Å²) in [5, 5.41) is 3.43. The lowest BCUT2D eigenvalue weighted by atomic mass is 9.90. The number of hydrogen-bond acceptors (Lipinski definition) is 4. The van der Waals surface area contributed by atoms with E-state index >= 15 is 0 Å². The minimum atomic E-state index is -3.49. The molecule has 19 heavy (non-hydrogen) atoms. The van der Waals surface area contributed by atoms with Gasteiger partial charge < -0.3 is 9.73 Å². The molecule has 1 aromatic heterocycles. The highest BCUT2D eigenvalue weighted by atomic mass is 32.2. The largest absolute Gasteiger partial charge is 0.447 e. The molecule has 0 atom stereocenters. The Hall–Kier alpha value is -0.850. The minimum absolute atomic E-state index is 0.0399. The van der Waals surface area contributed by atoms with Gasteiger partial charge in [-0.1, -0.05) is 20.8 Å². The highest BCUT2D eigenvalue weighted by molar-refractivity contribution is 7.89. The summed E-state index contributed by atoms with van der Waals surface area (Å²) < 4.78 is 30.7. The first-order valence-electron chi connectivity index (χ1n) is 6.70. The molecule has 0 aliphatic rings. The molecule has 0 fully saturated rings. The Kier molecular flexibility index (Phi) is 5.58. The molecular formula is C13H24N2O3S. The molecule has 0 saturated carbocycles. The lowest BCUT2D eigenvalue weighted by molar-refractivity contribution is 0.272. The van der Waals surface area contributed by atoms with Crippen molar-refractivity contribution in [2.45, 2.75) is 57.2 Å². The zero-order chi connectivity index (χ0) is 14.5. The molecule has 1 rings (SSSR count). The summed E-state index contributed by atoms with van der Waals surface area (Å²) in [6.45, 7) is 6.99. The van der Waals surface area contributed by atoms with Crippen LogP contribution in [0, 0.1) is 0 Å². The van der Waals surface area contributed by atoms with Crippen molar-refractivity contribution in [2.75, 3.05) is 7.05 Å². The highest BCUT2D eigenvalue weighted by Crippen LogP contribution is 2.21. The van der Waals surface area contributed by atoms with E-state index in [0.717, 1.165) is 19.3 Å². The van der Waals surface area contributed by atoms with Crippen LogP contribution in [0.15, 0.2) is 21.6 Å². The smallest absolute Gasteiger partial charge is 0.273 e. The molecule has 1 heterocycles. The fourth-order valence-corrected chi connectivity index (χ4v) is 2.76. The van der Waals surface area contributed by atoms with Gasteiger partial charge in [-0.2, -0.15) is 0 Å². The quantitative estimate of drug-likeness (QED) is 0.769. The Morgan fingerprint density at radius 1 is 1.16 bits per heavy atom. The maximum Gasteiger partial charge on any atom is 0.273 e. The number of sulfonamides is 1. The third-order valence-corrected chi connectivity index (χ3v) is 5.13. The summed E-state index contributed by atoms with van der Waals surface area (Å²) in [7, 11) is -2.13. The molecule has 0 aliphatic heterocycles. The monoisotopic (exact) mass is 288 g/mol. The number of rotatable bonds is 8. The van der Waals surface area contributed by atoms with Crippen LogP contribution in [0.2, 0.25) is 0 Å². The van der Waals surface area contributed by atoms with Crippen LogP contribution in [0.1, 0.15) is 45.8 Å². The average molecular weight is 288 g/mol. The van der Waals surface area contributed by atoms with Crippen molar-refractivity contribution in [1.29, 1.82) is 0 Å². The molecule has 6 heteroatoms. The zero-order valence-corrected chi connectivity index (χ0v) is 12.9. The van der Waals surface area contributed by atoms with Crippen molar-refractivity contribution >= 4 is 10.0 Å². The molecule has 0 saturated heterocycles. The van der Waals surface area contributed by atoms with Gasteiger partial charge in [0, 0.05) is 5.54 Å². The Morgan fingerprint density at radius 2 is 1.74 bits per heavy atom. The second-order valence-electron chi connectivity index (χ2n) is 4.62. The average Bonchev–Trinajstić information content (AvgIpc) is 2.91. The molecule has 0 amide bonds. The van der Waals surface area contributed by atoms with Gasteiger partial charge in [-0.15, -0.1) is 0 Å². The number of hydrogen-bond donors (Lipinski definition) is 2. The van der Waals surface area contributed by atoms with Crippen LogP contribution in [0.4, 0.5) is 0 Å². The van der Waals surface area contributed by atoms with Crippen molar-refractivity contribution in [1.82, 2.24) is 10.0 Å². The molecular weight excluding hydrogens is 264 g/mol. The molecule has 2 N–H and O–H groups in total. The van der Waals surface area contributed by atoms with Crippen LogP contribution in [0.5, 0.6) is 0 Å². The van der Waals surface area contributed by atoms with Gasteiger partial charge in [0.2, 0.25) is 5.09 Å². The van der Waals surface area contributed by atoms with Crippen LogP contribution < -0.4 is 10.0 Å². The summed E-state index contributed by atoms with van der Waals surface area (Å²) >= 11 is 0. The van der Waals surface area contributed by atoms with Gasteiger partial charge in [-0.25, -0.2) is 13.1 Å². The van der Waals surface area contributed by atoms with E-state index in [0.29, 0.717) is 12.3 Å². The molecule has 110 valence electrons. The van der Waals surface area contributed by atoms with Gasteiger partial charge >= 0.3 is 0 Å². The predicted molar refractivity (Wildman–Crippen MR) is 75.4 cm³/mol. The lowest BCUT2D eigenvalue weighted by Gasteiger charge is -2.31. The first kappa shape index (κ1) is 16.2. The fourth-order valence-electron chi connectivity index (χ4n) is 2.10.